The van der Waals surface area contributed by atoms with Gasteiger partial charge in [0.25, 0.3) is 0 Å². The Morgan fingerprint density at radius 3 is 2.67 bits per heavy atom. The van der Waals surface area contributed by atoms with Gasteiger partial charge in [0, 0.05) is 18.0 Å². The average Bonchev–Trinajstić information content (AvgIpc) is 2.81. The molecule has 1 nitrogen and oxygen atoms in total. The normalized spacial score (nSPS) is 10.8. The Kier molecular flexibility index (Phi) is 4.44. The van der Waals surface area contributed by atoms with Gasteiger partial charge < -0.3 is 5.32 Å². The number of rotatable bonds is 5. The predicted octanol–water partition coefficient (Wildman–Crippen LogP) is 3.88. The fourth-order valence-corrected chi connectivity index (χ4v) is 2.75. The summed E-state index contributed by atoms with van der Waals surface area (Å²) in [6.45, 7) is 3.43. The molecule has 0 radical (unpaired) electrons. The molecule has 2 rings (SSSR count). The van der Waals surface area contributed by atoms with Crippen molar-refractivity contribution in [3.05, 3.63) is 57.3 Å². The summed E-state index contributed by atoms with van der Waals surface area (Å²) < 4.78 is 25.7. The van der Waals surface area contributed by atoms with E-state index in [0.717, 1.165) is 24.6 Å². The van der Waals surface area contributed by atoms with E-state index < -0.39 is 11.6 Å². The van der Waals surface area contributed by atoms with Crippen LogP contribution in [0.1, 0.15) is 22.9 Å². The summed E-state index contributed by atoms with van der Waals surface area (Å²) in [5, 5.41) is 5.32. The molecule has 0 saturated heterocycles. The van der Waals surface area contributed by atoms with Gasteiger partial charge in [-0.05, 0) is 41.1 Å². The van der Waals surface area contributed by atoms with Crippen LogP contribution >= 0.6 is 11.3 Å². The number of nitrogens with one attached hydrogen (secondary N) is 1. The molecule has 0 aliphatic carbocycles. The molecule has 0 aliphatic heterocycles. The highest BCUT2D eigenvalue weighted by atomic mass is 32.1. The maximum absolute atomic E-state index is 13.0. The number of aryl methyl sites for hydroxylation is 1. The third kappa shape index (κ3) is 3.15. The fraction of sp³-hybridized carbons (Fsp3) is 0.286. The lowest BCUT2D eigenvalue weighted by atomic mass is 10.2. The second-order valence-electron chi connectivity index (χ2n) is 4.07. The molecule has 0 unspecified atom stereocenters. The monoisotopic (exact) mass is 267 g/mol. The highest BCUT2D eigenvalue weighted by Gasteiger charge is 2.04. The summed E-state index contributed by atoms with van der Waals surface area (Å²) in [4.78, 5) is 1.31. The van der Waals surface area contributed by atoms with E-state index in [2.05, 4.69) is 23.7 Å². The zero-order chi connectivity index (χ0) is 13.0. The summed E-state index contributed by atoms with van der Waals surface area (Å²) in [5.74, 6) is -1.59. The van der Waals surface area contributed by atoms with E-state index in [4.69, 9.17) is 0 Å². The maximum atomic E-state index is 13.0. The average molecular weight is 267 g/mol. The van der Waals surface area contributed by atoms with E-state index in [9.17, 15) is 8.78 Å². The highest BCUT2D eigenvalue weighted by molar-refractivity contribution is 7.10. The van der Waals surface area contributed by atoms with Crippen LogP contribution in [0.3, 0.4) is 0 Å². The minimum atomic E-state index is -0.801. The van der Waals surface area contributed by atoms with E-state index in [1.165, 1.54) is 16.5 Å². The van der Waals surface area contributed by atoms with Gasteiger partial charge in [0.05, 0.1) is 0 Å². The van der Waals surface area contributed by atoms with Crippen molar-refractivity contribution >= 4 is 11.3 Å². The second-order valence-corrected chi connectivity index (χ2v) is 5.08. The molecule has 0 fully saturated rings. The van der Waals surface area contributed by atoms with Crippen molar-refractivity contribution < 1.29 is 8.78 Å². The molecule has 4 heteroatoms. The number of hydrogen-bond acceptors (Lipinski definition) is 2. The summed E-state index contributed by atoms with van der Waals surface area (Å²) >= 11 is 1.72. The molecule has 0 atom stereocenters. The number of thiophene rings is 1. The van der Waals surface area contributed by atoms with E-state index in [-0.39, 0.29) is 0 Å². The molecule has 1 heterocycles. The standard InChI is InChI=1S/C14H15F2NS/c1-2-11-5-6-18-14(11)9-17-8-10-3-4-12(15)13(16)7-10/h3-7,17H,2,8-9H2,1H3. The number of hydrogen-bond donors (Lipinski definition) is 1. The Hall–Kier alpha value is -1.26. The van der Waals surface area contributed by atoms with Crippen LogP contribution in [0.15, 0.2) is 29.6 Å². The summed E-state index contributed by atoms with van der Waals surface area (Å²) in [6, 6.07) is 6.12. The molecule has 0 saturated carbocycles. The van der Waals surface area contributed by atoms with Crippen molar-refractivity contribution in [2.24, 2.45) is 0 Å². The van der Waals surface area contributed by atoms with E-state index >= 15 is 0 Å². The number of benzene rings is 1. The lowest BCUT2D eigenvalue weighted by molar-refractivity contribution is 0.506. The maximum Gasteiger partial charge on any atom is 0.159 e. The first kappa shape index (κ1) is 13.2. The van der Waals surface area contributed by atoms with Gasteiger partial charge in [0.15, 0.2) is 11.6 Å². The van der Waals surface area contributed by atoms with Crippen LogP contribution in [0, 0.1) is 11.6 Å². The smallest absolute Gasteiger partial charge is 0.159 e. The first-order valence-corrected chi connectivity index (χ1v) is 6.78. The Labute approximate surface area is 109 Å². The van der Waals surface area contributed by atoms with E-state index in [0.29, 0.717) is 6.54 Å². The lowest BCUT2D eigenvalue weighted by Crippen LogP contribution is -2.13. The lowest BCUT2D eigenvalue weighted by Gasteiger charge is -2.05. The molecule has 0 bridgehead atoms. The van der Waals surface area contributed by atoms with Gasteiger partial charge in [-0.25, -0.2) is 8.78 Å². The summed E-state index contributed by atoms with van der Waals surface area (Å²) in [6.07, 6.45) is 1.02. The summed E-state index contributed by atoms with van der Waals surface area (Å²) in [7, 11) is 0. The minimum Gasteiger partial charge on any atom is -0.308 e. The largest absolute Gasteiger partial charge is 0.308 e. The van der Waals surface area contributed by atoms with Crippen LogP contribution in [0.2, 0.25) is 0 Å². The van der Waals surface area contributed by atoms with Gasteiger partial charge in [-0.3, -0.25) is 0 Å². The van der Waals surface area contributed by atoms with Crippen LogP contribution < -0.4 is 5.32 Å². The zero-order valence-electron chi connectivity index (χ0n) is 10.2. The van der Waals surface area contributed by atoms with Gasteiger partial charge in [-0.15, -0.1) is 11.3 Å². The third-order valence-electron chi connectivity index (χ3n) is 2.82. The van der Waals surface area contributed by atoms with E-state index in [1.54, 1.807) is 17.4 Å². The Morgan fingerprint density at radius 2 is 1.94 bits per heavy atom. The van der Waals surface area contributed by atoms with Gasteiger partial charge in [0.1, 0.15) is 0 Å². The van der Waals surface area contributed by atoms with Crippen molar-refractivity contribution in [1.29, 1.82) is 0 Å². The van der Waals surface area contributed by atoms with Crippen molar-refractivity contribution in [1.82, 2.24) is 5.32 Å². The molecule has 1 aromatic carbocycles. The second kappa shape index (κ2) is 6.07. The van der Waals surface area contributed by atoms with Crippen LogP contribution in [0.4, 0.5) is 8.78 Å². The van der Waals surface area contributed by atoms with Crippen LogP contribution in [0.5, 0.6) is 0 Å². The quantitative estimate of drug-likeness (QED) is 0.867. The zero-order valence-corrected chi connectivity index (χ0v) is 11.0. The molecule has 0 spiro atoms. The van der Waals surface area contributed by atoms with Crippen LogP contribution in [-0.2, 0) is 19.5 Å². The summed E-state index contributed by atoms with van der Waals surface area (Å²) in [5.41, 5.74) is 2.10. The molecule has 1 N–H and O–H groups in total. The van der Waals surface area contributed by atoms with Crippen molar-refractivity contribution in [3.63, 3.8) is 0 Å². The minimum absolute atomic E-state index is 0.540. The van der Waals surface area contributed by atoms with Gasteiger partial charge in [-0.1, -0.05) is 13.0 Å². The van der Waals surface area contributed by atoms with Crippen LogP contribution in [-0.4, -0.2) is 0 Å². The topological polar surface area (TPSA) is 12.0 Å². The molecule has 96 valence electrons. The van der Waals surface area contributed by atoms with Crippen molar-refractivity contribution in [2.45, 2.75) is 26.4 Å². The predicted molar refractivity (Wildman–Crippen MR) is 70.6 cm³/mol. The van der Waals surface area contributed by atoms with Gasteiger partial charge in [-0.2, -0.15) is 0 Å². The Bertz CT molecular complexity index is 522. The van der Waals surface area contributed by atoms with Crippen molar-refractivity contribution in [3.8, 4) is 0 Å². The van der Waals surface area contributed by atoms with Crippen LogP contribution in [0.25, 0.3) is 0 Å². The molecule has 2 aromatic rings. The molecular formula is C14H15F2NS. The Balaban J connectivity index is 1.90. The molecule has 0 aliphatic rings. The number of halogens is 2. The molecule has 1 aromatic heterocycles. The van der Waals surface area contributed by atoms with E-state index in [1.807, 2.05) is 0 Å². The SMILES string of the molecule is CCc1ccsc1CNCc1ccc(F)c(F)c1. The highest BCUT2D eigenvalue weighted by Crippen LogP contribution is 2.17. The first-order chi connectivity index (χ1) is 8.70. The van der Waals surface area contributed by atoms with Gasteiger partial charge >= 0.3 is 0 Å². The molecule has 18 heavy (non-hydrogen) atoms. The first-order valence-electron chi connectivity index (χ1n) is 5.90. The molecular weight excluding hydrogens is 252 g/mol. The molecule has 0 amide bonds. The van der Waals surface area contributed by atoms with Crippen molar-refractivity contribution in [2.75, 3.05) is 0 Å². The van der Waals surface area contributed by atoms with Gasteiger partial charge in [0.2, 0.25) is 0 Å². The Morgan fingerprint density at radius 1 is 1.11 bits per heavy atom. The fourth-order valence-electron chi connectivity index (χ4n) is 1.81. The third-order valence-corrected chi connectivity index (χ3v) is 3.78.